The quantitative estimate of drug-likeness (QED) is 0.814. The van der Waals surface area contributed by atoms with Crippen LogP contribution in [0.25, 0.3) is 5.57 Å². The van der Waals surface area contributed by atoms with Crippen molar-refractivity contribution in [2.24, 2.45) is 5.92 Å². The summed E-state index contributed by atoms with van der Waals surface area (Å²) in [4.78, 5) is 12.2. The largest absolute Gasteiger partial charge is 0.511 e. The minimum Gasteiger partial charge on any atom is -0.511 e. The Balaban J connectivity index is 2.58. The Morgan fingerprint density at radius 3 is 2.42 bits per heavy atom. The maximum Gasteiger partial charge on any atom is 0.167 e. The highest BCUT2D eigenvalue weighted by Crippen LogP contribution is 2.38. The summed E-state index contributed by atoms with van der Waals surface area (Å²) in [5.74, 6) is -0.0805. The van der Waals surface area contributed by atoms with Gasteiger partial charge in [0.15, 0.2) is 5.78 Å². The lowest BCUT2D eigenvalue weighted by molar-refractivity contribution is -0.113. The molecule has 100 valence electrons. The van der Waals surface area contributed by atoms with E-state index in [9.17, 15) is 9.90 Å². The molecule has 0 aliphatic heterocycles. The zero-order valence-electron chi connectivity index (χ0n) is 11.6. The van der Waals surface area contributed by atoms with E-state index < -0.39 is 0 Å². The van der Waals surface area contributed by atoms with Crippen LogP contribution >= 0.6 is 0 Å². The molecular formula is C16H19NO2. The zero-order chi connectivity index (χ0) is 14.2. The van der Waals surface area contributed by atoms with Gasteiger partial charge in [0.25, 0.3) is 0 Å². The molecule has 0 amide bonds. The van der Waals surface area contributed by atoms with Crippen LogP contribution in [0.15, 0.2) is 17.9 Å². The van der Waals surface area contributed by atoms with Gasteiger partial charge in [0, 0.05) is 12.3 Å². The van der Waals surface area contributed by atoms with Crippen LogP contribution in [0.3, 0.4) is 0 Å². The van der Waals surface area contributed by atoms with Crippen LogP contribution in [0.1, 0.15) is 35.1 Å². The van der Waals surface area contributed by atoms with Crippen LogP contribution in [0.2, 0.25) is 0 Å². The molecule has 0 saturated heterocycles. The van der Waals surface area contributed by atoms with E-state index >= 15 is 0 Å². The summed E-state index contributed by atoms with van der Waals surface area (Å²) in [5.41, 5.74) is 4.51. The van der Waals surface area contributed by atoms with Crippen LogP contribution in [-0.4, -0.2) is 17.1 Å². The fraction of sp³-hybridized carbons (Fsp3) is 0.375. The molecule has 1 aromatic rings. The molecule has 1 aliphatic rings. The number of nitrogens with one attached hydrogen (secondary N) is 1. The fourth-order valence-corrected chi connectivity index (χ4v) is 2.95. The minimum atomic E-state index is -0.222. The molecule has 1 aromatic carbocycles. The number of carbonyl (C=O) groups excluding carboxylic acids is 1. The van der Waals surface area contributed by atoms with Crippen molar-refractivity contribution in [2.75, 3.05) is 0 Å². The monoisotopic (exact) mass is 257 g/mol. The van der Waals surface area contributed by atoms with Crippen LogP contribution in [0, 0.1) is 32.1 Å². The highest BCUT2D eigenvalue weighted by Gasteiger charge is 2.33. The maximum absolute atomic E-state index is 12.2. The summed E-state index contributed by atoms with van der Waals surface area (Å²) in [7, 11) is 0. The standard InChI is InChI=1S/C16H19NO2/c1-9-6-10(2)14(11(3)7-9)15-13(18)8-12(4-5-17)16(15)19/h5-7,12,17,19H,4,8H2,1-3H3. The highest BCUT2D eigenvalue weighted by atomic mass is 16.3. The summed E-state index contributed by atoms with van der Waals surface area (Å²) in [6.45, 7) is 5.95. The van der Waals surface area contributed by atoms with Gasteiger partial charge in [-0.3, -0.25) is 4.79 Å². The molecule has 3 heteroatoms. The molecule has 0 bridgehead atoms. The van der Waals surface area contributed by atoms with Crippen molar-refractivity contribution < 1.29 is 9.90 Å². The van der Waals surface area contributed by atoms with Gasteiger partial charge < -0.3 is 10.5 Å². The third-order valence-corrected chi connectivity index (χ3v) is 3.68. The van der Waals surface area contributed by atoms with Gasteiger partial charge in [0.2, 0.25) is 0 Å². The Bertz CT molecular complexity index is 561. The van der Waals surface area contributed by atoms with Gasteiger partial charge in [-0.05, 0) is 50.1 Å². The Labute approximate surface area is 113 Å². The maximum atomic E-state index is 12.2. The summed E-state index contributed by atoms with van der Waals surface area (Å²) in [6.07, 6.45) is 1.99. The molecule has 2 rings (SSSR count). The van der Waals surface area contributed by atoms with Crippen molar-refractivity contribution in [2.45, 2.75) is 33.6 Å². The van der Waals surface area contributed by atoms with E-state index in [2.05, 4.69) is 0 Å². The molecule has 1 aliphatic carbocycles. The van der Waals surface area contributed by atoms with E-state index in [0.717, 1.165) is 22.3 Å². The van der Waals surface area contributed by atoms with E-state index in [4.69, 9.17) is 5.41 Å². The number of rotatable bonds is 3. The van der Waals surface area contributed by atoms with E-state index in [1.54, 1.807) is 0 Å². The van der Waals surface area contributed by atoms with E-state index in [0.29, 0.717) is 18.4 Å². The number of carbonyl (C=O) groups is 1. The number of allylic oxidation sites excluding steroid dienone is 2. The molecule has 0 saturated carbocycles. The number of hydrogen-bond donors (Lipinski definition) is 2. The number of ketones is 1. The first kappa shape index (κ1) is 13.5. The zero-order valence-corrected chi connectivity index (χ0v) is 11.6. The predicted molar refractivity (Wildman–Crippen MR) is 76.7 cm³/mol. The van der Waals surface area contributed by atoms with E-state index in [1.165, 1.54) is 6.21 Å². The topological polar surface area (TPSA) is 61.1 Å². The average Bonchev–Trinajstić information content (AvgIpc) is 2.56. The molecule has 0 aromatic heterocycles. The van der Waals surface area contributed by atoms with Gasteiger partial charge in [0.1, 0.15) is 5.76 Å². The third-order valence-electron chi connectivity index (χ3n) is 3.68. The van der Waals surface area contributed by atoms with Crippen molar-refractivity contribution in [3.63, 3.8) is 0 Å². The number of hydrogen-bond acceptors (Lipinski definition) is 3. The number of aliphatic hydroxyl groups is 1. The Hall–Kier alpha value is -1.90. The van der Waals surface area contributed by atoms with Gasteiger partial charge in [0.05, 0.1) is 5.57 Å². The van der Waals surface area contributed by atoms with Gasteiger partial charge in [-0.25, -0.2) is 0 Å². The fourth-order valence-electron chi connectivity index (χ4n) is 2.95. The lowest BCUT2D eigenvalue weighted by Crippen LogP contribution is -2.01. The first-order chi connectivity index (χ1) is 8.95. The predicted octanol–water partition coefficient (Wildman–Crippen LogP) is 3.51. The van der Waals surface area contributed by atoms with Gasteiger partial charge >= 0.3 is 0 Å². The van der Waals surface area contributed by atoms with Crippen molar-refractivity contribution in [3.8, 4) is 0 Å². The first-order valence-corrected chi connectivity index (χ1v) is 6.49. The molecule has 19 heavy (non-hydrogen) atoms. The summed E-state index contributed by atoms with van der Waals surface area (Å²) in [5, 5.41) is 17.4. The molecule has 3 nitrogen and oxygen atoms in total. The Morgan fingerprint density at radius 1 is 1.32 bits per heavy atom. The van der Waals surface area contributed by atoms with Crippen molar-refractivity contribution >= 4 is 17.6 Å². The molecule has 2 N–H and O–H groups in total. The average molecular weight is 257 g/mol. The van der Waals surface area contributed by atoms with Crippen molar-refractivity contribution in [1.82, 2.24) is 0 Å². The molecule has 0 heterocycles. The third kappa shape index (κ3) is 2.33. The number of aliphatic hydroxyl groups excluding tert-OH is 1. The summed E-state index contributed by atoms with van der Waals surface area (Å²) < 4.78 is 0. The molecule has 0 spiro atoms. The molecule has 1 unspecified atom stereocenters. The van der Waals surface area contributed by atoms with Crippen LogP contribution in [0.4, 0.5) is 0 Å². The van der Waals surface area contributed by atoms with Gasteiger partial charge in [-0.15, -0.1) is 0 Å². The van der Waals surface area contributed by atoms with E-state index in [1.807, 2.05) is 32.9 Å². The van der Waals surface area contributed by atoms with Gasteiger partial charge in [-0.2, -0.15) is 0 Å². The second-order valence-corrected chi connectivity index (χ2v) is 5.30. The normalized spacial score (nSPS) is 19.1. The molecule has 1 atom stereocenters. The van der Waals surface area contributed by atoms with Crippen LogP contribution in [-0.2, 0) is 4.79 Å². The highest BCUT2D eigenvalue weighted by molar-refractivity contribution is 6.24. The summed E-state index contributed by atoms with van der Waals surface area (Å²) >= 11 is 0. The SMILES string of the molecule is Cc1cc(C)c(C2=C(O)C(CC=N)CC2=O)c(C)c1. The second-order valence-electron chi connectivity index (χ2n) is 5.30. The number of benzene rings is 1. The first-order valence-electron chi connectivity index (χ1n) is 6.49. The molecular weight excluding hydrogens is 238 g/mol. The lowest BCUT2D eigenvalue weighted by atomic mass is 9.92. The van der Waals surface area contributed by atoms with Crippen LogP contribution < -0.4 is 0 Å². The smallest absolute Gasteiger partial charge is 0.167 e. The van der Waals surface area contributed by atoms with Gasteiger partial charge in [-0.1, -0.05) is 17.7 Å². The Kier molecular flexibility index (Phi) is 3.56. The molecule has 0 radical (unpaired) electrons. The van der Waals surface area contributed by atoms with Crippen LogP contribution in [0.5, 0.6) is 0 Å². The van der Waals surface area contributed by atoms with E-state index in [-0.39, 0.29) is 17.5 Å². The second kappa shape index (κ2) is 5.00. The minimum absolute atomic E-state index is 0.0144. The van der Waals surface area contributed by atoms with Crippen molar-refractivity contribution in [3.05, 3.63) is 40.1 Å². The number of Topliss-reactive ketones (excluding diaryl/α,β-unsaturated/α-hetero) is 1. The molecule has 0 fully saturated rings. The van der Waals surface area contributed by atoms with Crippen molar-refractivity contribution in [1.29, 1.82) is 5.41 Å². The lowest BCUT2D eigenvalue weighted by Gasteiger charge is -2.12. The summed E-state index contributed by atoms with van der Waals surface area (Å²) in [6, 6.07) is 4.06. The number of aryl methyl sites for hydroxylation is 3. The Morgan fingerprint density at radius 2 is 1.89 bits per heavy atom.